The molecule has 2 heterocycles. The first-order valence-corrected chi connectivity index (χ1v) is 10.4. The Labute approximate surface area is 182 Å². The first-order chi connectivity index (χ1) is 15.2. The molecule has 0 bridgehead atoms. The number of amides is 2. The molecule has 2 aromatic carbocycles. The van der Waals surface area contributed by atoms with Crippen LogP contribution in [0.4, 0.5) is 16.2 Å². The van der Waals surface area contributed by atoms with Crippen molar-refractivity contribution in [1.82, 2.24) is 4.90 Å². The minimum absolute atomic E-state index is 0.0895. The summed E-state index contributed by atoms with van der Waals surface area (Å²) in [4.78, 5) is 16.8. The zero-order valence-electron chi connectivity index (χ0n) is 17.6. The highest BCUT2D eigenvalue weighted by Gasteiger charge is 2.23. The number of carbonyl (C=O) groups excluding carboxylic acids is 1. The van der Waals surface area contributed by atoms with Gasteiger partial charge in [-0.25, -0.2) is 4.79 Å². The molecule has 2 amide bonds. The Balaban J connectivity index is 1.28. The molecule has 31 heavy (non-hydrogen) atoms. The molecular formula is C24H27N3O4. The second kappa shape index (κ2) is 10.0. The van der Waals surface area contributed by atoms with Crippen molar-refractivity contribution >= 4 is 17.4 Å². The molecule has 0 atom stereocenters. The maximum Gasteiger partial charge on any atom is 0.321 e. The average molecular weight is 421 g/mol. The van der Waals surface area contributed by atoms with Gasteiger partial charge in [0, 0.05) is 31.9 Å². The van der Waals surface area contributed by atoms with Crippen LogP contribution in [0.5, 0.6) is 5.75 Å². The van der Waals surface area contributed by atoms with Gasteiger partial charge in [0.15, 0.2) is 0 Å². The van der Waals surface area contributed by atoms with Crippen LogP contribution in [0.2, 0.25) is 0 Å². The smallest absolute Gasteiger partial charge is 0.321 e. The van der Waals surface area contributed by atoms with Gasteiger partial charge in [0.25, 0.3) is 0 Å². The van der Waals surface area contributed by atoms with Crippen LogP contribution in [-0.4, -0.2) is 44.2 Å². The van der Waals surface area contributed by atoms with Crippen molar-refractivity contribution in [1.29, 1.82) is 0 Å². The maximum absolute atomic E-state index is 12.7. The zero-order valence-corrected chi connectivity index (χ0v) is 17.6. The molecule has 0 spiro atoms. The van der Waals surface area contributed by atoms with Gasteiger partial charge >= 0.3 is 6.03 Å². The molecule has 4 rings (SSSR count). The Hall–Kier alpha value is -3.45. The van der Waals surface area contributed by atoms with Crippen LogP contribution in [-0.2, 0) is 18.0 Å². The number of piperazine rings is 1. The van der Waals surface area contributed by atoms with E-state index in [0.29, 0.717) is 26.3 Å². The monoisotopic (exact) mass is 421 g/mol. The van der Waals surface area contributed by atoms with Crippen molar-refractivity contribution in [2.24, 2.45) is 0 Å². The standard InChI is InChI=1S/C24H27N3O4/c1-29-23-10-3-2-9-22(23)26-11-13-27(14-12-26)24(28)25-20-7-4-6-19(16-20)17-30-18-21-8-5-15-31-21/h2-10,15-16H,11-14,17-18H2,1H3,(H,25,28). The molecular weight excluding hydrogens is 394 g/mol. The third-order valence-corrected chi connectivity index (χ3v) is 5.26. The Morgan fingerprint density at radius 2 is 1.84 bits per heavy atom. The zero-order chi connectivity index (χ0) is 21.5. The van der Waals surface area contributed by atoms with E-state index in [0.717, 1.165) is 41.5 Å². The quantitative estimate of drug-likeness (QED) is 0.614. The third-order valence-electron chi connectivity index (χ3n) is 5.26. The summed E-state index contributed by atoms with van der Waals surface area (Å²) in [5, 5.41) is 3.00. The summed E-state index contributed by atoms with van der Waals surface area (Å²) in [7, 11) is 1.68. The highest BCUT2D eigenvalue weighted by Crippen LogP contribution is 2.28. The second-order valence-corrected chi connectivity index (χ2v) is 7.35. The summed E-state index contributed by atoms with van der Waals surface area (Å²) in [6.45, 7) is 3.68. The van der Waals surface area contributed by atoms with E-state index < -0.39 is 0 Å². The molecule has 7 heteroatoms. The molecule has 0 radical (unpaired) electrons. The number of carbonyl (C=O) groups is 1. The number of urea groups is 1. The number of hydrogen-bond acceptors (Lipinski definition) is 5. The van der Waals surface area contributed by atoms with E-state index in [2.05, 4.69) is 10.2 Å². The third kappa shape index (κ3) is 5.38. The van der Waals surface area contributed by atoms with Gasteiger partial charge in [-0.15, -0.1) is 0 Å². The number of furan rings is 1. The normalized spacial score (nSPS) is 13.8. The summed E-state index contributed by atoms with van der Waals surface area (Å²) in [5.74, 6) is 1.64. The highest BCUT2D eigenvalue weighted by atomic mass is 16.5. The molecule has 1 fully saturated rings. The van der Waals surface area contributed by atoms with Crippen molar-refractivity contribution in [3.63, 3.8) is 0 Å². The topological polar surface area (TPSA) is 67.2 Å². The lowest BCUT2D eigenvalue weighted by Crippen LogP contribution is -2.50. The molecule has 162 valence electrons. The number of rotatable bonds is 7. The van der Waals surface area contributed by atoms with Crippen LogP contribution in [0.1, 0.15) is 11.3 Å². The number of nitrogens with one attached hydrogen (secondary N) is 1. The summed E-state index contributed by atoms with van der Waals surface area (Å²) >= 11 is 0. The first-order valence-electron chi connectivity index (χ1n) is 10.4. The van der Waals surface area contributed by atoms with Crippen LogP contribution < -0.4 is 15.0 Å². The lowest BCUT2D eigenvalue weighted by Gasteiger charge is -2.36. The Kier molecular flexibility index (Phi) is 6.74. The Morgan fingerprint density at radius 1 is 1.00 bits per heavy atom. The fourth-order valence-corrected chi connectivity index (χ4v) is 3.65. The maximum atomic E-state index is 12.7. The molecule has 0 aliphatic carbocycles. The summed E-state index contributed by atoms with van der Waals surface area (Å²) < 4.78 is 16.4. The number of hydrogen-bond donors (Lipinski definition) is 1. The number of methoxy groups -OCH3 is 1. The molecule has 7 nitrogen and oxygen atoms in total. The van der Waals surface area contributed by atoms with E-state index in [1.54, 1.807) is 13.4 Å². The molecule has 1 aliphatic heterocycles. The van der Waals surface area contributed by atoms with Gasteiger partial charge in [0.2, 0.25) is 0 Å². The fraction of sp³-hybridized carbons (Fsp3) is 0.292. The van der Waals surface area contributed by atoms with Gasteiger partial charge < -0.3 is 29.0 Å². The predicted octanol–water partition coefficient (Wildman–Crippen LogP) is 4.36. The highest BCUT2D eigenvalue weighted by molar-refractivity contribution is 5.89. The van der Waals surface area contributed by atoms with E-state index in [1.807, 2.05) is 65.6 Å². The van der Waals surface area contributed by atoms with Gasteiger partial charge in [-0.1, -0.05) is 24.3 Å². The lowest BCUT2D eigenvalue weighted by atomic mass is 10.2. The van der Waals surface area contributed by atoms with Gasteiger partial charge in [0.1, 0.15) is 18.1 Å². The Bertz CT molecular complexity index is 982. The van der Waals surface area contributed by atoms with Gasteiger partial charge in [0.05, 0.1) is 25.7 Å². The Morgan fingerprint density at radius 3 is 2.61 bits per heavy atom. The fourth-order valence-electron chi connectivity index (χ4n) is 3.65. The van der Waals surface area contributed by atoms with E-state index in [9.17, 15) is 4.79 Å². The van der Waals surface area contributed by atoms with Crippen LogP contribution in [0.15, 0.2) is 71.3 Å². The largest absolute Gasteiger partial charge is 0.495 e. The van der Waals surface area contributed by atoms with Crippen LogP contribution in [0, 0.1) is 0 Å². The molecule has 3 aromatic rings. The van der Waals surface area contributed by atoms with Gasteiger partial charge in [-0.05, 0) is 42.0 Å². The first kappa shape index (κ1) is 20.8. The minimum atomic E-state index is -0.0895. The van der Waals surface area contributed by atoms with Crippen LogP contribution >= 0.6 is 0 Å². The van der Waals surface area contributed by atoms with E-state index in [1.165, 1.54) is 0 Å². The van der Waals surface area contributed by atoms with Crippen molar-refractivity contribution < 1.29 is 18.7 Å². The number of para-hydroxylation sites is 2. The van der Waals surface area contributed by atoms with Crippen LogP contribution in [0.3, 0.4) is 0 Å². The second-order valence-electron chi connectivity index (χ2n) is 7.35. The number of nitrogens with zero attached hydrogens (tertiary/aromatic N) is 2. The number of anilines is 2. The molecule has 0 unspecified atom stereocenters. The van der Waals surface area contributed by atoms with E-state index >= 15 is 0 Å². The van der Waals surface area contributed by atoms with E-state index in [-0.39, 0.29) is 6.03 Å². The lowest BCUT2D eigenvalue weighted by molar-refractivity contribution is 0.0930. The predicted molar refractivity (Wildman–Crippen MR) is 119 cm³/mol. The van der Waals surface area contributed by atoms with Crippen molar-refractivity contribution in [2.45, 2.75) is 13.2 Å². The average Bonchev–Trinajstić information content (AvgIpc) is 3.33. The summed E-state index contributed by atoms with van der Waals surface area (Å²) in [6.07, 6.45) is 1.63. The van der Waals surface area contributed by atoms with E-state index in [4.69, 9.17) is 13.9 Å². The molecule has 1 N–H and O–H groups in total. The van der Waals surface area contributed by atoms with Gasteiger partial charge in [-0.2, -0.15) is 0 Å². The minimum Gasteiger partial charge on any atom is -0.495 e. The molecule has 0 saturated carbocycles. The summed E-state index contributed by atoms with van der Waals surface area (Å²) in [6, 6.07) is 19.3. The SMILES string of the molecule is COc1ccccc1N1CCN(C(=O)Nc2cccc(COCc3ccco3)c2)CC1. The van der Waals surface area contributed by atoms with Crippen molar-refractivity contribution in [3.8, 4) is 5.75 Å². The van der Waals surface area contributed by atoms with Crippen molar-refractivity contribution in [3.05, 3.63) is 78.3 Å². The number of benzene rings is 2. The van der Waals surface area contributed by atoms with Crippen LogP contribution in [0.25, 0.3) is 0 Å². The van der Waals surface area contributed by atoms with Gasteiger partial charge in [-0.3, -0.25) is 0 Å². The summed E-state index contributed by atoms with van der Waals surface area (Å²) in [5.41, 5.74) is 2.81. The molecule has 1 saturated heterocycles. The number of ether oxygens (including phenoxy) is 2. The van der Waals surface area contributed by atoms with Crippen molar-refractivity contribution in [2.75, 3.05) is 43.5 Å². The molecule has 1 aromatic heterocycles. The molecule has 1 aliphatic rings.